The monoisotopic (exact) mass is 309 g/mol. The molecule has 106 valence electrons. The van der Waals surface area contributed by atoms with Crippen LogP contribution in [0.2, 0.25) is 10.0 Å². The fourth-order valence-corrected chi connectivity index (χ4v) is 2.64. The first-order chi connectivity index (χ1) is 9.54. The minimum absolute atomic E-state index is 0.284. The lowest BCUT2D eigenvalue weighted by Crippen LogP contribution is -2.07. The Bertz CT molecular complexity index is 612. The van der Waals surface area contributed by atoms with Gasteiger partial charge in [0.1, 0.15) is 12.1 Å². The summed E-state index contributed by atoms with van der Waals surface area (Å²) in [4.78, 5) is 8.76. The van der Waals surface area contributed by atoms with Crippen LogP contribution in [-0.4, -0.2) is 16.5 Å². The Morgan fingerprint density at radius 1 is 1.20 bits per heavy atom. The second-order valence-electron chi connectivity index (χ2n) is 4.79. The third-order valence-corrected chi connectivity index (χ3v) is 3.54. The highest BCUT2D eigenvalue weighted by Crippen LogP contribution is 2.36. The van der Waals surface area contributed by atoms with Gasteiger partial charge in [-0.3, -0.25) is 0 Å². The summed E-state index contributed by atoms with van der Waals surface area (Å²) in [6, 6.07) is 5.45. The molecule has 1 heterocycles. The van der Waals surface area contributed by atoms with E-state index in [1.807, 2.05) is 19.1 Å². The predicted molar refractivity (Wildman–Crippen MR) is 85.7 cm³/mol. The van der Waals surface area contributed by atoms with Gasteiger partial charge in [0.25, 0.3) is 0 Å². The highest BCUT2D eigenvalue weighted by atomic mass is 35.5. The van der Waals surface area contributed by atoms with Crippen LogP contribution in [0.15, 0.2) is 24.5 Å². The first kappa shape index (κ1) is 15.1. The smallest absolute Gasteiger partial charge is 0.133 e. The molecule has 0 aliphatic heterocycles. The van der Waals surface area contributed by atoms with Gasteiger partial charge < -0.3 is 5.32 Å². The molecule has 0 atom stereocenters. The minimum atomic E-state index is 0.284. The summed E-state index contributed by atoms with van der Waals surface area (Å²) in [5.74, 6) is 1.14. The van der Waals surface area contributed by atoms with Crippen molar-refractivity contribution < 1.29 is 0 Å². The molecule has 5 heteroatoms. The van der Waals surface area contributed by atoms with E-state index >= 15 is 0 Å². The zero-order valence-corrected chi connectivity index (χ0v) is 13.3. The number of halogens is 2. The second kappa shape index (κ2) is 6.42. The minimum Gasteiger partial charge on any atom is -0.370 e. The average molecular weight is 310 g/mol. The molecule has 1 aromatic heterocycles. The van der Waals surface area contributed by atoms with E-state index in [1.165, 1.54) is 0 Å². The van der Waals surface area contributed by atoms with E-state index in [-0.39, 0.29) is 5.92 Å². The lowest BCUT2D eigenvalue weighted by Gasteiger charge is -2.17. The number of aromatic nitrogens is 2. The average Bonchev–Trinajstić information content (AvgIpc) is 2.38. The number of nitrogens with one attached hydrogen (secondary N) is 1. The van der Waals surface area contributed by atoms with Crippen molar-refractivity contribution in [1.82, 2.24) is 9.97 Å². The van der Waals surface area contributed by atoms with Crippen LogP contribution in [0.5, 0.6) is 0 Å². The van der Waals surface area contributed by atoms with E-state index in [2.05, 4.69) is 29.1 Å². The Balaban J connectivity index is 2.64. The van der Waals surface area contributed by atoms with Crippen molar-refractivity contribution in [3.63, 3.8) is 0 Å². The maximum Gasteiger partial charge on any atom is 0.133 e. The molecule has 1 aromatic carbocycles. The SMILES string of the molecule is CCNc1ncnc(-c2ccc(Cl)cc2Cl)c1C(C)C. The lowest BCUT2D eigenvalue weighted by atomic mass is 9.97. The molecule has 0 unspecified atom stereocenters. The Hall–Kier alpha value is -1.32. The van der Waals surface area contributed by atoms with E-state index in [9.17, 15) is 0 Å². The summed E-state index contributed by atoms with van der Waals surface area (Å²) in [7, 11) is 0. The molecule has 2 rings (SSSR count). The topological polar surface area (TPSA) is 37.8 Å². The van der Waals surface area contributed by atoms with Gasteiger partial charge in [0.2, 0.25) is 0 Å². The van der Waals surface area contributed by atoms with Crippen LogP contribution in [0.4, 0.5) is 5.82 Å². The van der Waals surface area contributed by atoms with Crippen LogP contribution in [0, 0.1) is 0 Å². The normalized spacial score (nSPS) is 10.9. The van der Waals surface area contributed by atoms with E-state index < -0.39 is 0 Å². The first-order valence-corrected chi connectivity index (χ1v) is 7.34. The van der Waals surface area contributed by atoms with Gasteiger partial charge >= 0.3 is 0 Å². The quantitative estimate of drug-likeness (QED) is 0.863. The van der Waals surface area contributed by atoms with Crippen molar-refractivity contribution in [2.45, 2.75) is 26.7 Å². The zero-order chi connectivity index (χ0) is 14.7. The van der Waals surface area contributed by atoms with Crippen molar-refractivity contribution in [2.75, 3.05) is 11.9 Å². The first-order valence-electron chi connectivity index (χ1n) is 6.58. The predicted octanol–water partition coefficient (Wildman–Crippen LogP) is 5.01. The highest BCUT2D eigenvalue weighted by molar-refractivity contribution is 6.36. The van der Waals surface area contributed by atoms with Gasteiger partial charge in [-0.05, 0) is 31.0 Å². The number of benzene rings is 1. The van der Waals surface area contributed by atoms with E-state index in [0.717, 1.165) is 29.2 Å². The zero-order valence-electron chi connectivity index (χ0n) is 11.7. The van der Waals surface area contributed by atoms with Crippen molar-refractivity contribution in [2.24, 2.45) is 0 Å². The summed E-state index contributed by atoms with van der Waals surface area (Å²) in [5, 5.41) is 4.49. The van der Waals surface area contributed by atoms with Crippen molar-refractivity contribution in [1.29, 1.82) is 0 Å². The van der Waals surface area contributed by atoms with Crippen LogP contribution in [0.25, 0.3) is 11.3 Å². The molecule has 20 heavy (non-hydrogen) atoms. The molecule has 3 nitrogen and oxygen atoms in total. The fraction of sp³-hybridized carbons (Fsp3) is 0.333. The number of rotatable bonds is 4. The van der Waals surface area contributed by atoms with Gasteiger partial charge in [-0.15, -0.1) is 0 Å². The summed E-state index contributed by atoms with van der Waals surface area (Å²) in [6.07, 6.45) is 1.56. The molecular weight excluding hydrogens is 293 g/mol. The molecule has 0 fully saturated rings. The molecular formula is C15H17Cl2N3. The van der Waals surface area contributed by atoms with Crippen molar-refractivity contribution in [3.05, 3.63) is 40.1 Å². The van der Waals surface area contributed by atoms with E-state index in [1.54, 1.807) is 12.4 Å². The Kier molecular flexibility index (Phi) is 4.84. The van der Waals surface area contributed by atoms with E-state index in [4.69, 9.17) is 23.2 Å². The summed E-state index contributed by atoms with van der Waals surface area (Å²) >= 11 is 12.3. The molecule has 0 saturated carbocycles. The van der Waals surface area contributed by atoms with Crippen LogP contribution in [0.1, 0.15) is 32.3 Å². The summed E-state index contributed by atoms with van der Waals surface area (Å²) in [5.41, 5.74) is 2.80. The van der Waals surface area contributed by atoms with Gasteiger partial charge in [-0.1, -0.05) is 37.0 Å². The number of nitrogens with zero attached hydrogens (tertiary/aromatic N) is 2. The number of hydrogen-bond donors (Lipinski definition) is 1. The maximum atomic E-state index is 6.30. The second-order valence-corrected chi connectivity index (χ2v) is 5.64. The third kappa shape index (κ3) is 3.05. The van der Waals surface area contributed by atoms with Crippen molar-refractivity contribution in [3.8, 4) is 11.3 Å². The molecule has 0 spiro atoms. The molecule has 0 amide bonds. The van der Waals surface area contributed by atoms with Crippen LogP contribution >= 0.6 is 23.2 Å². The third-order valence-electron chi connectivity index (χ3n) is 2.99. The van der Waals surface area contributed by atoms with Gasteiger partial charge in [0.05, 0.1) is 10.7 Å². The molecule has 1 N–H and O–H groups in total. The van der Waals surface area contributed by atoms with Crippen LogP contribution < -0.4 is 5.32 Å². The van der Waals surface area contributed by atoms with Crippen LogP contribution in [-0.2, 0) is 0 Å². The van der Waals surface area contributed by atoms with E-state index in [0.29, 0.717) is 10.0 Å². The molecule has 0 saturated heterocycles. The lowest BCUT2D eigenvalue weighted by molar-refractivity contribution is 0.849. The largest absolute Gasteiger partial charge is 0.370 e. The summed E-state index contributed by atoms with van der Waals surface area (Å²) in [6.45, 7) is 7.09. The highest BCUT2D eigenvalue weighted by Gasteiger charge is 2.17. The summed E-state index contributed by atoms with van der Waals surface area (Å²) < 4.78 is 0. The standard InChI is InChI=1S/C15H17Cl2N3/c1-4-18-15-13(9(2)3)14(19-8-20-15)11-6-5-10(16)7-12(11)17/h5-9H,4H2,1-3H3,(H,18,19,20). The van der Waals surface area contributed by atoms with Gasteiger partial charge in [-0.2, -0.15) is 0 Å². The number of hydrogen-bond acceptors (Lipinski definition) is 3. The van der Waals surface area contributed by atoms with Gasteiger partial charge in [0, 0.05) is 22.7 Å². The van der Waals surface area contributed by atoms with Crippen molar-refractivity contribution >= 4 is 29.0 Å². The Morgan fingerprint density at radius 3 is 2.55 bits per heavy atom. The maximum absolute atomic E-state index is 6.30. The molecule has 0 aliphatic rings. The Labute approximate surface area is 129 Å². The molecule has 0 bridgehead atoms. The van der Waals surface area contributed by atoms with Gasteiger partial charge in [0.15, 0.2) is 0 Å². The Morgan fingerprint density at radius 2 is 1.95 bits per heavy atom. The fourth-order valence-electron chi connectivity index (χ4n) is 2.15. The van der Waals surface area contributed by atoms with Crippen LogP contribution in [0.3, 0.4) is 0 Å². The molecule has 0 aliphatic carbocycles. The van der Waals surface area contributed by atoms with Gasteiger partial charge in [-0.25, -0.2) is 9.97 Å². The molecule has 2 aromatic rings. The number of anilines is 1. The molecule has 0 radical (unpaired) electrons.